The highest BCUT2D eigenvalue weighted by atomic mass is 32.2. The second-order valence-electron chi connectivity index (χ2n) is 6.30. The van der Waals surface area contributed by atoms with Crippen molar-refractivity contribution in [3.8, 4) is 11.8 Å². The Morgan fingerprint density at radius 1 is 0.967 bits per heavy atom. The number of fused-ring (bicyclic) bond motifs is 2. The first-order valence-corrected chi connectivity index (χ1v) is 9.75. The minimum Gasteiger partial charge on any atom is -0.435 e. The molecule has 7 heteroatoms. The molecule has 0 atom stereocenters. The van der Waals surface area contributed by atoms with Crippen LogP contribution in [0.15, 0.2) is 88.2 Å². The van der Waals surface area contributed by atoms with Crippen LogP contribution in [-0.2, 0) is 4.79 Å². The van der Waals surface area contributed by atoms with Crippen molar-refractivity contribution in [2.75, 3.05) is 4.90 Å². The lowest BCUT2D eigenvalue weighted by molar-refractivity contribution is -0.114. The van der Waals surface area contributed by atoms with E-state index >= 15 is 0 Å². The molecule has 3 aromatic rings. The van der Waals surface area contributed by atoms with Gasteiger partial charge in [0.15, 0.2) is 0 Å². The Balaban J connectivity index is 1.71. The number of hydrogen-bond donors (Lipinski definition) is 0. The summed E-state index contributed by atoms with van der Waals surface area (Å²) in [5, 5.41) is 9.66. The second-order valence-corrected chi connectivity index (χ2v) is 7.38. The van der Waals surface area contributed by atoms with E-state index in [2.05, 4.69) is 4.74 Å². The zero-order chi connectivity index (χ0) is 21.1. The predicted molar refractivity (Wildman–Crippen MR) is 111 cm³/mol. The molecule has 0 bridgehead atoms. The Morgan fingerprint density at radius 2 is 1.53 bits per heavy atom. The van der Waals surface area contributed by atoms with Gasteiger partial charge < -0.3 is 4.74 Å². The number of ether oxygens (including phenoxy) is 1. The Kier molecular flexibility index (Phi) is 5.50. The first-order valence-electron chi connectivity index (χ1n) is 8.94. The van der Waals surface area contributed by atoms with Crippen molar-refractivity contribution in [1.29, 1.82) is 5.26 Å². The number of nitriles is 1. The topological polar surface area (TPSA) is 53.3 Å². The van der Waals surface area contributed by atoms with Gasteiger partial charge in [0.2, 0.25) is 0 Å². The standard InChI is InChI=1S/C23H14F2N2O2S/c24-23(25)29-17-11-9-15(10-12-17)13-16(14-26)22(28)27-18-5-1-3-7-20(18)30-21-8-4-2-6-19(21)27/h1-13,23H/b16-13+. The zero-order valence-electron chi connectivity index (χ0n) is 15.5. The summed E-state index contributed by atoms with van der Waals surface area (Å²) in [6.45, 7) is -2.92. The molecule has 0 spiro atoms. The number of halogens is 2. The molecule has 1 aliphatic heterocycles. The molecule has 0 radical (unpaired) electrons. The van der Waals surface area contributed by atoms with Gasteiger partial charge in [0, 0.05) is 9.79 Å². The van der Waals surface area contributed by atoms with Crippen LogP contribution in [0.4, 0.5) is 20.2 Å². The van der Waals surface area contributed by atoms with Crippen LogP contribution in [0.2, 0.25) is 0 Å². The van der Waals surface area contributed by atoms with Gasteiger partial charge in [-0.1, -0.05) is 48.2 Å². The maximum atomic E-state index is 13.4. The lowest BCUT2D eigenvalue weighted by Crippen LogP contribution is -2.29. The maximum Gasteiger partial charge on any atom is 0.387 e. The van der Waals surface area contributed by atoms with Gasteiger partial charge >= 0.3 is 6.61 Å². The third-order valence-electron chi connectivity index (χ3n) is 4.40. The number of nitrogens with zero attached hydrogens (tertiary/aromatic N) is 2. The first kappa shape index (κ1) is 19.7. The lowest BCUT2D eigenvalue weighted by atomic mass is 10.1. The van der Waals surface area contributed by atoms with Gasteiger partial charge in [-0.2, -0.15) is 14.0 Å². The molecule has 0 saturated heterocycles. The number of hydrogen-bond acceptors (Lipinski definition) is 4. The van der Waals surface area contributed by atoms with Crippen LogP contribution >= 0.6 is 11.8 Å². The molecule has 1 aliphatic rings. The molecule has 4 nitrogen and oxygen atoms in total. The van der Waals surface area contributed by atoms with E-state index < -0.39 is 12.5 Å². The molecule has 4 rings (SSSR count). The van der Waals surface area contributed by atoms with Gasteiger partial charge in [0.1, 0.15) is 17.4 Å². The molecule has 0 saturated carbocycles. The minimum atomic E-state index is -2.92. The number of rotatable bonds is 4. The van der Waals surface area contributed by atoms with E-state index in [1.807, 2.05) is 54.6 Å². The Labute approximate surface area is 176 Å². The summed E-state index contributed by atoms with van der Waals surface area (Å²) in [7, 11) is 0. The average molecular weight is 420 g/mol. The van der Waals surface area contributed by atoms with E-state index in [1.54, 1.807) is 11.8 Å². The van der Waals surface area contributed by atoms with Gasteiger partial charge in [0.05, 0.1) is 11.4 Å². The summed E-state index contributed by atoms with van der Waals surface area (Å²) in [5.41, 5.74) is 1.85. The molecule has 1 heterocycles. The molecule has 0 aromatic heterocycles. The fraction of sp³-hybridized carbons (Fsp3) is 0.0435. The quantitative estimate of drug-likeness (QED) is 0.382. The molecule has 0 fully saturated rings. The van der Waals surface area contributed by atoms with Gasteiger partial charge in [-0.05, 0) is 48.0 Å². The average Bonchev–Trinajstić information content (AvgIpc) is 2.76. The molecule has 3 aromatic carbocycles. The summed E-state index contributed by atoms with van der Waals surface area (Å²) in [4.78, 5) is 16.7. The highest BCUT2D eigenvalue weighted by Crippen LogP contribution is 2.48. The summed E-state index contributed by atoms with van der Waals surface area (Å²) in [6.07, 6.45) is 1.43. The highest BCUT2D eigenvalue weighted by molar-refractivity contribution is 7.99. The fourth-order valence-electron chi connectivity index (χ4n) is 3.10. The molecule has 0 aliphatic carbocycles. The second kappa shape index (κ2) is 8.39. The summed E-state index contributed by atoms with van der Waals surface area (Å²) < 4.78 is 28.9. The summed E-state index contributed by atoms with van der Waals surface area (Å²) >= 11 is 1.56. The number of alkyl halides is 2. The minimum absolute atomic E-state index is 0.00268. The van der Waals surface area contributed by atoms with Crippen LogP contribution in [0, 0.1) is 11.3 Å². The monoisotopic (exact) mass is 420 g/mol. The highest BCUT2D eigenvalue weighted by Gasteiger charge is 2.29. The van der Waals surface area contributed by atoms with Crippen LogP contribution in [-0.4, -0.2) is 12.5 Å². The van der Waals surface area contributed by atoms with Crippen LogP contribution in [0.1, 0.15) is 5.56 Å². The third-order valence-corrected chi connectivity index (χ3v) is 5.53. The van der Waals surface area contributed by atoms with Crippen molar-refractivity contribution in [3.63, 3.8) is 0 Å². The van der Waals surface area contributed by atoms with Gasteiger partial charge in [0.25, 0.3) is 5.91 Å². The van der Waals surface area contributed by atoms with Crippen molar-refractivity contribution in [2.24, 2.45) is 0 Å². The van der Waals surface area contributed by atoms with Gasteiger partial charge in [-0.25, -0.2) is 0 Å². The Hall–Kier alpha value is -3.63. The van der Waals surface area contributed by atoms with Gasteiger partial charge in [-0.3, -0.25) is 9.69 Å². The van der Waals surface area contributed by atoms with Crippen LogP contribution in [0.5, 0.6) is 5.75 Å². The number of anilines is 2. The molecule has 148 valence electrons. The number of amides is 1. The van der Waals surface area contributed by atoms with Crippen molar-refractivity contribution in [1.82, 2.24) is 0 Å². The third kappa shape index (κ3) is 3.91. The van der Waals surface area contributed by atoms with Crippen molar-refractivity contribution in [3.05, 3.63) is 83.9 Å². The summed E-state index contributed by atoms with van der Waals surface area (Å²) in [5.74, 6) is -0.464. The first-order chi connectivity index (χ1) is 14.6. The number of para-hydroxylation sites is 2. The van der Waals surface area contributed by atoms with Crippen LogP contribution in [0.25, 0.3) is 6.08 Å². The van der Waals surface area contributed by atoms with Gasteiger partial charge in [-0.15, -0.1) is 0 Å². The normalized spacial score (nSPS) is 12.7. The van der Waals surface area contributed by atoms with Crippen molar-refractivity contribution < 1.29 is 18.3 Å². The predicted octanol–water partition coefficient (Wildman–Crippen LogP) is 6.02. The Morgan fingerprint density at radius 3 is 2.07 bits per heavy atom. The van der Waals surface area contributed by atoms with E-state index in [4.69, 9.17) is 0 Å². The van der Waals surface area contributed by atoms with E-state index in [9.17, 15) is 18.8 Å². The van der Waals surface area contributed by atoms with E-state index in [1.165, 1.54) is 35.2 Å². The van der Waals surface area contributed by atoms with E-state index in [0.717, 1.165) is 9.79 Å². The maximum absolute atomic E-state index is 13.4. The van der Waals surface area contributed by atoms with E-state index in [0.29, 0.717) is 16.9 Å². The van der Waals surface area contributed by atoms with Crippen LogP contribution in [0.3, 0.4) is 0 Å². The molecular formula is C23H14F2N2O2S. The molecular weight excluding hydrogens is 406 g/mol. The lowest BCUT2D eigenvalue weighted by Gasteiger charge is -2.30. The Bertz CT molecular complexity index is 1120. The smallest absolute Gasteiger partial charge is 0.387 e. The zero-order valence-corrected chi connectivity index (χ0v) is 16.3. The number of carbonyl (C=O) groups excluding carboxylic acids is 1. The molecule has 1 amide bonds. The van der Waals surface area contributed by atoms with Crippen molar-refractivity contribution in [2.45, 2.75) is 16.4 Å². The largest absolute Gasteiger partial charge is 0.435 e. The summed E-state index contributed by atoms with van der Waals surface area (Å²) in [6, 6.07) is 22.7. The molecule has 0 unspecified atom stereocenters. The van der Waals surface area contributed by atoms with Crippen LogP contribution < -0.4 is 9.64 Å². The molecule has 0 N–H and O–H groups in total. The van der Waals surface area contributed by atoms with Crippen molar-refractivity contribution >= 4 is 35.1 Å². The van der Waals surface area contributed by atoms with E-state index in [-0.39, 0.29) is 11.3 Å². The number of carbonyl (C=O) groups is 1. The molecule has 30 heavy (non-hydrogen) atoms. The SMILES string of the molecule is N#C/C(=C\c1ccc(OC(F)F)cc1)C(=O)N1c2ccccc2Sc2ccccc21. The fourth-order valence-corrected chi connectivity index (χ4v) is 4.16. The number of benzene rings is 3.